The fraction of sp³-hybridized carbons (Fsp3) is 0.300. The van der Waals surface area contributed by atoms with E-state index < -0.39 is 4.92 Å². The van der Waals surface area contributed by atoms with E-state index in [4.69, 9.17) is 5.21 Å². The van der Waals surface area contributed by atoms with Crippen LogP contribution in [0.15, 0.2) is 11.2 Å². The van der Waals surface area contributed by atoms with Crippen molar-refractivity contribution in [2.45, 2.75) is 20.8 Å². The molecule has 1 N–H and O–H groups in total. The number of hydrogen-bond acceptors (Lipinski definition) is 4. The fourth-order valence-electron chi connectivity index (χ4n) is 1.73. The minimum atomic E-state index is -0.418. The molecule has 5 nitrogen and oxygen atoms in total. The first-order valence-electron chi connectivity index (χ1n) is 4.41. The summed E-state index contributed by atoms with van der Waals surface area (Å²) in [7, 11) is 0. The molecule has 0 amide bonds. The molecular weight excluding hydrogens is 196 g/mol. The molecule has 0 fully saturated rings. The number of nitro groups is 1. The summed E-state index contributed by atoms with van der Waals surface area (Å²) < 4.78 is 0. The van der Waals surface area contributed by atoms with Gasteiger partial charge in [-0.25, -0.2) is 0 Å². The van der Waals surface area contributed by atoms with Crippen LogP contribution in [0.1, 0.15) is 22.3 Å². The molecule has 0 spiro atoms. The third-order valence-corrected chi connectivity index (χ3v) is 2.36. The third-order valence-electron chi connectivity index (χ3n) is 2.36. The minimum Gasteiger partial charge on any atom is -0.411 e. The molecule has 0 unspecified atom stereocenters. The second kappa shape index (κ2) is 4.08. The molecule has 0 atom stereocenters. The van der Waals surface area contributed by atoms with Gasteiger partial charge in [-0.1, -0.05) is 5.16 Å². The third kappa shape index (κ3) is 1.96. The number of nitrogens with zero attached hydrogens (tertiary/aromatic N) is 2. The van der Waals surface area contributed by atoms with Crippen LogP contribution in [0.5, 0.6) is 0 Å². The maximum absolute atomic E-state index is 10.8. The molecule has 0 bridgehead atoms. The van der Waals surface area contributed by atoms with Crippen LogP contribution in [-0.4, -0.2) is 16.3 Å². The van der Waals surface area contributed by atoms with Crippen LogP contribution in [-0.2, 0) is 0 Å². The molecule has 1 aromatic rings. The molecular formula is C10H12N2O3. The van der Waals surface area contributed by atoms with Gasteiger partial charge >= 0.3 is 0 Å². The van der Waals surface area contributed by atoms with Crippen LogP contribution in [0.3, 0.4) is 0 Å². The zero-order chi connectivity index (χ0) is 11.6. The number of benzene rings is 1. The first kappa shape index (κ1) is 11.2. The molecule has 0 saturated heterocycles. The minimum absolute atomic E-state index is 0.0792. The van der Waals surface area contributed by atoms with Gasteiger partial charge in [0.2, 0.25) is 0 Å². The average Bonchev–Trinajstić information content (AvgIpc) is 2.11. The molecule has 0 radical (unpaired) electrons. The van der Waals surface area contributed by atoms with Crippen molar-refractivity contribution >= 4 is 11.9 Å². The highest BCUT2D eigenvalue weighted by Crippen LogP contribution is 2.27. The van der Waals surface area contributed by atoms with Gasteiger partial charge in [-0.05, 0) is 32.4 Å². The summed E-state index contributed by atoms with van der Waals surface area (Å²) in [6.45, 7) is 5.16. The molecule has 0 aliphatic carbocycles. The van der Waals surface area contributed by atoms with Crippen LogP contribution >= 0.6 is 0 Å². The number of nitro benzene ring substituents is 1. The molecule has 15 heavy (non-hydrogen) atoms. The van der Waals surface area contributed by atoms with Crippen LogP contribution < -0.4 is 0 Å². The first-order chi connectivity index (χ1) is 6.99. The van der Waals surface area contributed by atoms with Gasteiger partial charge in [0.25, 0.3) is 5.69 Å². The number of rotatable bonds is 2. The van der Waals surface area contributed by atoms with Crippen molar-refractivity contribution in [3.8, 4) is 0 Å². The van der Waals surface area contributed by atoms with Gasteiger partial charge in [0, 0.05) is 16.7 Å². The predicted molar refractivity (Wildman–Crippen MR) is 56.7 cm³/mol. The lowest BCUT2D eigenvalue weighted by atomic mass is 9.98. The largest absolute Gasteiger partial charge is 0.411 e. The lowest BCUT2D eigenvalue weighted by molar-refractivity contribution is -0.386. The van der Waals surface area contributed by atoms with Crippen LogP contribution in [0.4, 0.5) is 5.69 Å². The molecule has 0 aromatic heterocycles. The fourth-order valence-corrected chi connectivity index (χ4v) is 1.73. The van der Waals surface area contributed by atoms with E-state index in [0.717, 1.165) is 5.56 Å². The van der Waals surface area contributed by atoms with Gasteiger partial charge in [0.05, 0.1) is 11.1 Å². The van der Waals surface area contributed by atoms with Crippen molar-refractivity contribution < 1.29 is 10.1 Å². The molecule has 5 heteroatoms. The Balaban J connectivity index is 3.56. The van der Waals surface area contributed by atoms with E-state index in [1.165, 1.54) is 6.21 Å². The summed E-state index contributed by atoms with van der Waals surface area (Å²) in [5.74, 6) is 0. The predicted octanol–water partition coefficient (Wildman–Crippen LogP) is 2.33. The smallest absolute Gasteiger partial charge is 0.275 e. The average molecular weight is 208 g/mol. The molecule has 0 aliphatic rings. The summed E-state index contributed by atoms with van der Waals surface area (Å²) in [4.78, 5) is 10.4. The van der Waals surface area contributed by atoms with E-state index in [1.54, 1.807) is 19.9 Å². The Bertz CT molecular complexity index is 439. The molecule has 0 aliphatic heterocycles. The first-order valence-corrected chi connectivity index (χ1v) is 4.41. The van der Waals surface area contributed by atoms with Crippen LogP contribution in [0.2, 0.25) is 0 Å². The molecule has 1 rings (SSSR count). The Kier molecular flexibility index (Phi) is 3.04. The normalized spacial score (nSPS) is 10.9. The second-order valence-corrected chi connectivity index (χ2v) is 3.40. The van der Waals surface area contributed by atoms with E-state index in [0.29, 0.717) is 16.7 Å². The Morgan fingerprint density at radius 3 is 2.47 bits per heavy atom. The van der Waals surface area contributed by atoms with Gasteiger partial charge in [-0.2, -0.15) is 0 Å². The van der Waals surface area contributed by atoms with Gasteiger partial charge in [-0.15, -0.1) is 0 Å². The molecule has 80 valence electrons. The van der Waals surface area contributed by atoms with E-state index in [2.05, 4.69) is 5.16 Å². The number of aryl methyl sites for hydroxylation is 2. The second-order valence-electron chi connectivity index (χ2n) is 3.40. The van der Waals surface area contributed by atoms with Gasteiger partial charge in [0.15, 0.2) is 0 Å². The maximum atomic E-state index is 10.8. The zero-order valence-corrected chi connectivity index (χ0v) is 8.81. The summed E-state index contributed by atoms with van der Waals surface area (Å²) in [6.07, 6.45) is 1.22. The zero-order valence-electron chi connectivity index (χ0n) is 8.81. The van der Waals surface area contributed by atoms with Crippen molar-refractivity contribution in [1.29, 1.82) is 0 Å². The van der Waals surface area contributed by atoms with Crippen molar-refractivity contribution in [2.75, 3.05) is 0 Å². The van der Waals surface area contributed by atoms with E-state index in [-0.39, 0.29) is 5.69 Å². The highest BCUT2D eigenvalue weighted by Gasteiger charge is 2.18. The highest BCUT2D eigenvalue weighted by molar-refractivity contribution is 5.85. The summed E-state index contributed by atoms with van der Waals surface area (Å²) >= 11 is 0. The van der Waals surface area contributed by atoms with Crippen molar-refractivity contribution in [3.05, 3.63) is 38.4 Å². The van der Waals surface area contributed by atoms with E-state index in [1.807, 2.05) is 6.92 Å². The van der Waals surface area contributed by atoms with Crippen LogP contribution in [0.25, 0.3) is 0 Å². The summed E-state index contributed by atoms with van der Waals surface area (Å²) in [5, 5.41) is 22.2. The van der Waals surface area contributed by atoms with Gasteiger partial charge in [-0.3, -0.25) is 10.1 Å². The highest BCUT2D eigenvalue weighted by atomic mass is 16.6. The topological polar surface area (TPSA) is 75.7 Å². The molecule has 1 aromatic carbocycles. The lowest BCUT2D eigenvalue weighted by Crippen LogP contribution is -2.01. The molecule has 0 saturated carbocycles. The lowest BCUT2D eigenvalue weighted by Gasteiger charge is -2.07. The monoisotopic (exact) mass is 208 g/mol. The van der Waals surface area contributed by atoms with Gasteiger partial charge in [0.1, 0.15) is 0 Å². The van der Waals surface area contributed by atoms with E-state index in [9.17, 15) is 10.1 Å². The summed E-state index contributed by atoms with van der Waals surface area (Å²) in [5.41, 5.74) is 2.67. The standard InChI is InChI=1S/C10H12N2O3/c1-6-4-7(2)10(12(14)15)8(3)9(6)5-11-13/h4-5,13H,1-3H3/b11-5+. The Morgan fingerprint density at radius 1 is 1.40 bits per heavy atom. The van der Waals surface area contributed by atoms with Gasteiger partial charge < -0.3 is 5.21 Å². The van der Waals surface area contributed by atoms with Crippen molar-refractivity contribution in [3.63, 3.8) is 0 Å². The van der Waals surface area contributed by atoms with E-state index >= 15 is 0 Å². The summed E-state index contributed by atoms with van der Waals surface area (Å²) in [6, 6.07) is 1.71. The maximum Gasteiger partial charge on any atom is 0.275 e. The van der Waals surface area contributed by atoms with Crippen molar-refractivity contribution in [1.82, 2.24) is 0 Å². The number of oxime groups is 1. The van der Waals surface area contributed by atoms with Crippen molar-refractivity contribution in [2.24, 2.45) is 5.16 Å². The quantitative estimate of drug-likeness (QED) is 0.350. The Hall–Kier alpha value is -1.91. The Morgan fingerprint density at radius 2 is 2.00 bits per heavy atom. The SMILES string of the molecule is Cc1cc(C)c([N+](=O)[O-])c(C)c1/C=N/O. The molecule has 0 heterocycles. The Labute approximate surface area is 87.2 Å². The number of hydrogen-bond donors (Lipinski definition) is 1. The van der Waals surface area contributed by atoms with Crippen LogP contribution in [0, 0.1) is 30.9 Å².